The average molecular weight is 299 g/mol. The molecule has 0 aliphatic rings. The van der Waals surface area contributed by atoms with E-state index in [2.05, 4.69) is 0 Å². The smallest absolute Gasteiger partial charge is 0.271 e. The predicted molar refractivity (Wildman–Crippen MR) is 77.0 cm³/mol. The van der Waals surface area contributed by atoms with Gasteiger partial charge in [0.2, 0.25) is 5.91 Å². The van der Waals surface area contributed by atoms with Gasteiger partial charge < -0.3 is 0 Å². The first kappa shape index (κ1) is 15.1. The second-order valence-corrected chi connectivity index (χ2v) is 4.41. The summed E-state index contributed by atoms with van der Waals surface area (Å²) in [6.45, 7) is 1.22. The highest BCUT2D eigenvalue weighted by atomic mass is 19.1. The van der Waals surface area contributed by atoms with Crippen LogP contribution in [0.3, 0.4) is 0 Å². The first-order chi connectivity index (χ1) is 10.4. The summed E-state index contributed by atoms with van der Waals surface area (Å²) in [5.74, 6) is -1.27. The third-order valence-electron chi connectivity index (χ3n) is 2.95. The van der Waals surface area contributed by atoms with E-state index in [9.17, 15) is 19.3 Å². The number of rotatable bonds is 3. The molecular formula is C15H10FN3O3. The average Bonchev–Trinajstić information content (AvgIpc) is 2.49. The van der Waals surface area contributed by atoms with Gasteiger partial charge in [0.25, 0.3) is 5.69 Å². The van der Waals surface area contributed by atoms with Gasteiger partial charge >= 0.3 is 0 Å². The number of nitriles is 1. The zero-order chi connectivity index (χ0) is 16.3. The SMILES string of the molecule is CC(=O)N(c1ccc(C#N)cc1)c1cc([N+](=O)[O-])ccc1F. The van der Waals surface area contributed by atoms with Gasteiger partial charge in [-0.1, -0.05) is 0 Å². The van der Waals surface area contributed by atoms with Gasteiger partial charge in [-0.25, -0.2) is 4.39 Å². The molecule has 0 N–H and O–H groups in total. The van der Waals surface area contributed by atoms with E-state index in [1.165, 1.54) is 31.2 Å². The number of halogens is 1. The number of carbonyl (C=O) groups excluding carboxylic acids is 1. The normalized spacial score (nSPS) is 9.86. The first-order valence-electron chi connectivity index (χ1n) is 6.19. The van der Waals surface area contributed by atoms with Crippen LogP contribution in [0, 0.1) is 27.3 Å². The second kappa shape index (κ2) is 6.01. The minimum Gasteiger partial charge on any atom is -0.278 e. The Morgan fingerprint density at radius 3 is 2.41 bits per heavy atom. The van der Waals surface area contributed by atoms with Crippen LogP contribution in [-0.4, -0.2) is 10.8 Å². The fourth-order valence-electron chi connectivity index (χ4n) is 1.96. The van der Waals surface area contributed by atoms with Gasteiger partial charge in [-0.05, 0) is 30.3 Å². The molecule has 0 unspecified atom stereocenters. The Balaban J connectivity index is 2.57. The number of benzene rings is 2. The van der Waals surface area contributed by atoms with E-state index >= 15 is 0 Å². The molecule has 0 heterocycles. The van der Waals surface area contributed by atoms with Crippen molar-refractivity contribution in [3.05, 3.63) is 64.0 Å². The van der Waals surface area contributed by atoms with Crippen LogP contribution in [0.1, 0.15) is 12.5 Å². The van der Waals surface area contributed by atoms with Crippen molar-refractivity contribution in [2.24, 2.45) is 0 Å². The minimum absolute atomic E-state index is 0.216. The predicted octanol–water partition coefficient (Wildman–Crippen LogP) is 3.29. The zero-order valence-electron chi connectivity index (χ0n) is 11.5. The molecule has 22 heavy (non-hydrogen) atoms. The highest BCUT2D eigenvalue weighted by Crippen LogP contribution is 2.31. The number of hydrogen-bond donors (Lipinski definition) is 0. The lowest BCUT2D eigenvalue weighted by Gasteiger charge is -2.21. The van der Waals surface area contributed by atoms with Crippen molar-refractivity contribution in [1.29, 1.82) is 5.26 Å². The van der Waals surface area contributed by atoms with Gasteiger partial charge in [0.1, 0.15) is 5.82 Å². The van der Waals surface area contributed by atoms with Crippen molar-refractivity contribution in [2.45, 2.75) is 6.92 Å². The molecule has 0 atom stereocenters. The van der Waals surface area contributed by atoms with Crippen molar-refractivity contribution in [3.63, 3.8) is 0 Å². The summed E-state index contributed by atoms with van der Waals surface area (Å²) >= 11 is 0. The third kappa shape index (κ3) is 2.91. The summed E-state index contributed by atoms with van der Waals surface area (Å²) in [5.41, 5.74) is 0.153. The maximum absolute atomic E-state index is 14.0. The number of nitro benzene ring substituents is 1. The highest BCUT2D eigenvalue weighted by molar-refractivity contribution is 5.99. The molecule has 0 spiro atoms. The van der Waals surface area contributed by atoms with Gasteiger partial charge in [-0.3, -0.25) is 19.8 Å². The number of anilines is 2. The van der Waals surface area contributed by atoms with Crippen LogP contribution in [-0.2, 0) is 4.79 Å². The van der Waals surface area contributed by atoms with Gasteiger partial charge in [-0.15, -0.1) is 0 Å². The Bertz CT molecular complexity index is 782. The molecule has 0 aromatic heterocycles. The van der Waals surface area contributed by atoms with Crippen molar-refractivity contribution < 1.29 is 14.1 Å². The van der Waals surface area contributed by atoms with E-state index in [1.807, 2.05) is 6.07 Å². The second-order valence-electron chi connectivity index (χ2n) is 4.41. The number of nitro groups is 1. The molecule has 0 saturated heterocycles. The number of nitrogens with zero attached hydrogens (tertiary/aromatic N) is 3. The molecular weight excluding hydrogens is 289 g/mol. The van der Waals surface area contributed by atoms with Crippen LogP contribution in [0.4, 0.5) is 21.5 Å². The number of amides is 1. The lowest BCUT2D eigenvalue weighted by atomic mass is 10.1. The number of non-ortho nitro benzene ring substituents is 1. The van der Waals surface area contributed by atoms with Crippen LogP contribution in [0.5, 0.6) is 0 Å². The van der Waals surface area contributed by atoms with Crippen molar-refractivity contribution >= 4 is 23.0 Å². The zero-order valence-corrected chi connectivity index (χ0v) is 11.5. The van der Waals surface area contributed by atoms with Crippen molar-refractivity contribution in [3.8, 4) is 6.07 Å². The topological polar surface area (TPSA) is 87.2 Å². The summed E-state index contributed by atoms with van der Waals surface area (Å²) in [7, 11) is 0. The summed E-state index contributed by atoms with van der Waals surface area (Å²) in [4.78, 5) is 23.0. The summed E-state index contributed by atoms with van der Waals surface area (Å²) in [6, 6.07) is 10.8. The van der Waals surface area contributed by atoms with E-state index in [-0.39, 0.29) is 11.4 Å². The van der Waals surface area contributed by atoms with Gasteiger partial charge in [-0.2, -0.15) is 5.26 Å². The molecule has 0 radical (unpaired) electrons. The van der Waals surface area contributed by atoms with Crippen molar-refractivity contribution in [1.82, 2.24) is 0 Å². The molecule has 2 rings (SSSR count). The Labute approximate surface area is 125 Å². The quantitative estimate of drug-likeness (QED) is 0.642. The van der Waals surface area contributed by atoms with E-state index in [0.717, 1.165) is 23.1 Å². The van der Waals surface area contributed by atoms with E-state index in [0.29, 0.717) is 11.3 Å². The molecule has 0 aliphatic carbocycles. The highest BCUT2D eigenvalue weighted by Gasteiger charge is 2.21. The standard InChI is InChI=1S/C15H10FN3O3/c1-10(20)18(12-4-2-11(9-17)3-5-12)15-8-13(19(21)22)6-7-14(15)16/h2-8H,1H3. The van der Waals surface area contributed by atoms with E-state index in [4.69, 9.17) is 5.26 Å². The Morgan fingerprint density at radius 2 is 1.91 bits per heavy atom. The van der Waals surface area contributed by atoms with E-state index in [1.54, 1.807) is 0 Å². The van der Waals surface area contributed by atoms with Gasteiger partial charge in [0.15, 0.2) is 0 Å². The fraction of sp³-hybridized carbons (Fsp3) is 0.0667. The Kier molecular flexibility index (Phi) is 4.13. The van der Waals surface area contributed by atoms with Gasteiger partial charge in [0.05, 0.1) is 22.2 Å². The maximum atomic E-state index is 14.0. The molecule has 2 aromatic carbocycles. The third-order valence-corrected chi connectivity index (χ3v) is 2.95. The summed E-state index contributed by atoms with van der Waals surface area (Å²) in [6.07, 6.45) is 0. The van der Waals surface area contributed by atoms with E-state index < -0.39 is 16.6 Å². The molecule has 110 valence electrons. The first-order valence-corrected chi connectivity index (χ1v) is 6.19. The maximum Gasteiger partial charge on any atom is 0.271 e. The van der Waals surface area contributed by atoms with Crippen LogP contribution in [0.15, 0.2) is 42.5 Å². The van der Waals surface area contributed by atoms with Crippen LogP contribution >= 0.6 is 0 Å². The molecule has 6 nitrogen and oxygen atoms in total. The number of carbonyl (C=O) groups is 1. The molecule has 7 heteroatoms. The lowest BCUT2D eigenvalue weighted by molar-refractivity contribution is -0.384. The van der Waals surface area contributed by atoms with Gasteiger partial charge in [0, 0.05) is 24.7 Å². The summed E-state index contributed by atoms with van der Waals surface area (Å²) < 4.78 is 14.0. The molecule has 1 amide bonds. The largest absolute Gasteiger partial charge is 0.278 e. The molecule has 0 saturated carbocycles. The minimum atomic E-state index is -0.759. The Hall–Kier alpha value is -3.27. The molecule has 0 bridgehead atoms. The lowest BCUT2D eigenvalue weighted by Crippen LogP contribution is -2.23. The van der Waals surface area contributed by atoms with Crippen LogP contribution in [0.2, 0.25) is 0 Å². The summed E-state index contributed by atoms with van der Waals surface area (Å²) in [5, 5.41) is 19.6. The molecule has 2 aromatic rings. The molecule has 0 fully saturated rings. The molecule has 0 aliphatic heterocycles. The Morgan fingerprint density at radius 1 is 1.27 bits per heavy atom. The van der Waals surface area contributed by atoms with Crippen molar-refractivity contribution in [2.75, 3.05) is 4.90 Å². The fourth-order valence-corrected chi connectivity index (χ4v) is 1.96. The monoisotopic (exact) mass is 299 g/mol. The number of hydrogen-bond acceptors (Lipinski definition) is 4. The van der Waals surface area contributed by atoms with Crippen LogP contribution in [0.25, 0.3) is 0 Å². The van der Waals surface area contributed by atoms with Crippen LogP contribution < -0.4 is 4.90 Å².